The van der Waals surface area contributed by atoms with Crippen LogP contribution in [0.5, 0.6) is 0 Å². The van der Waals surface area contributed by atoms with Gasteiger partial charge in [0.15, 0.2) is 6.04 Å². The van der Waals surface area contributed by atoms with Crippen molar-refractivity contribution in [2.24, 2.45) is 0 Å². The van der Waals surface area contributed by atoms with Gasteiger partial charge in [-0.2, -0.15) is 0 Å². The molecule has 0 aromatic heterocycles. The average Bonchev–Trinajstić information content (AvgIpc) is 2.73. The lowest BCUT2D eigenvalue weighted by atomic mass is 10.2. The van der Waals surface area contributed by atoms with Gasteiger partial charge in [0.25, 0.3) is 0 Å². The SMILES string of the molecule is CC(C)(C)OC(=O)NC(COC1CCOC1)C(=O)O. The number of nitrogens with one attached hydrogen (secondary N) is 1. The van der Waals surface area contributed by atoms with Crippen molar-refractivity contribution in [3.8, 4) is 0 Å². The monoisotopic (exact) mass is 275 g/mol. The van der Waals surface area contributed by atoms with Crippen LogP contribution in [-0.4, -0.2) is 54.7 Å². The van der Waals surface area contributed by atoms with Crippen molar-refractivity contribution < 1.29 is 28.9 Å². The zero-order valence-electron chi connectivity index (χ0n) is 11.5. The Balaban J connectivity index is 2.39. The second kappa shape index (κ2) is 6.72. The molecule has 2 N–H and O–H groups in total. The van der Waals surface area contributed by atoms with E-state index in [9.17, 15) is 9.59 Å². The third-order valence-corrected chi connectivity index (χ3v) is 2.38. The first-order valence-electron chi connectivity index (χ1n) is 6.19. The summed E-state index contributed by atoms with van der Waals surface area (Å²) in [5.41, 5.74) is -0.673. The number of rotatable bonds is 5. The summed E-state index contributed by atoms with van der Waals surface area (Å²) in [5.74, 6) is -1.16. The van der Waals surface area contributed by atoms with Crippen LogP contribution in [0, 0.1) is 0 Å². The van der Waals surface area contributed by atoms with Gasteiger partial charge >= 0.3 is 12.1 Å². The van der Waals surface area contributed by atoms with E-state index in [2.05, 4.69) is 5.32 Å². The standard InChI is InChI=1S/C12H21NO6/c1-12(2,3)19-11(16)13-9(10(14)15)7-18-8-4-5-17-6-8/h8-9H,4-7H2,1-3H3,(H,13,16)(H,14,15). The van der Waals surface area contributed by atoms with E-state index in [0.29, 0.717) is 13.2 Å². The van der Waals surface area contributed by atoms with E-state index in [4.69, 9.17) is 19.3 Å². The molecule has 0 spiro atoms. The van der Waals surface area contributed by atoms with Gasteiger partial charge < -0.3 is 24.6 Å². The number of hydrogen-bond donors (Lipinski definition) is 2. The number of amides is 1. The van der Waals surface area contributed by atoms with Crippen molar-refractivity contribution >= 4 is 12.1 Å². The zero-order valence-corrected chi connectivity index (χ0v) is 11.5. The number of carboxylic acids is 1. The molecule has 7 heteroatoms. The van der Waals surface area contributed by atoms with Crippen molar-refractivity contribution in [1.82, 2.24) is 5.32 Å². The van der Waals surface area contributed by atoms with Crippen molar-refractivity contribution in [2.75, 3.05) is 19.8 Å². The predicted molar refractivity (Wildman–Crippen MR) is 66.0 cm³/mol. The second-order valence-electron chi connectivity index (χ2n) is 5.36. The number of carbonyl (C=O) groups excluding carboxylic acids is 1. The molecule has 110 valence electrons. The maximum absolute atomic E-state index is 11.5. The van der Waals surface area contributed by atoms with E-state index < -0.39 is 23.7 Å². The molecule has 19 heavy (non-hydrogen) atoms. The van der Waals surface area contributed by atoms with Crippen LogP contribution in [0.4, 0.5) is 4.79 Å². The normalized spacial score (nSPS) is 20.9. The molecule has 1 heterocycles. The molecule has 1 aliphatic heterocycles. The van der Waals surface area contributed by atoms with Crippen molar-refractivity contribution in [3.05, 3.63) is 0 Å². The second-order valence-corrected chi connectivity index (χ2v) is 5.36. The van der Waals surface area contributed by atoms with Gasteiger partial charge in [-0.1, -0.05) is 0 Å². The van der Waals surface area contributed by atoms with Crippen LogP contribution in [0.25, 0.3) is 0 Å². The quantitative estimate of drug-likeness (QED) is 0.769. The fraction of sp³-hybridized carbons (Fsp3) is 0.833. The van der Waals surface area contributed by atoms with Gasteiger partial charge in [0.05, 0.1) is 19.3 Å². The topological polar surface area (TPSA) is 94.1 Å². The molecule has 0 radical (unpaired) electrons. The molecule has 1 amide bonds. The van der Waals surface area contributed by atoms with E-state index in [1.165, 1.54) is 0 Å². The van der Waals surface area contributed by atoms with E-state index in [-0.39, 0.29) is 12.7 Å². The maximum Gasteiger partial charge on any atom is 0.408 e. The summed E-state index contributed by atoms with van der Waals surface area (Å²) in [6, 6.07) is -1.13. The third kappa shape index (κ3) is 6.40. The molecule has 1 aliphatic rings. The third-order valence-electron chi connectivity index (χ3n) is 2.38. The Morgan fingerprint density at radius 1 is 1.47 bits per heavy atom. The fourth-order valence-electron chi connectivity index (χ4n) is 1.50. The van der Waals surface area contributed by atoms with Crippen LogP contribution in [0.3, 0.4) is 0 Å². The minimum absolute atomic E-state index is 0.109. The zero-order chi connectivity index (χ0) is 14.5. The Hall–Kier alpha value is -1.34. The minimum Gasteiger partial charge on any atom is -0.480 e. The molecule has 0 bridgehead atoms. The number of hydrogen-bond acceptors (Lipinski definition) is 5. The highest BCUT2D eigenvalue weighted by Gasteiger charge is 2.26. The van der Waals surface area contributed by atoms with Gasteiger partial charge in [0.2, 0.25) is 0 Å². The molecule has 0 saturated carbocycles. The molecular weight excluding hydrogens is 254 g/mol. The fourth-order valence-corrected chi connectivity index (χ4v) is 1.50. The maximum atomic E-state index is 11.5. The van der Waals surface area contributed by atoms with E-state index >= 15 is 0 Å². The highest BCUT2D eigenvalue weighted by Crippen LogP contribution is 2.09. The van der Waals surface area contributed by atoms with Gasteiger partial charge in [-0.05, 0) is 27.2 Å². The number of carboxylic acid groups (broad SMARTS) is 1. The van der Waals surface area contributed by atoms with Crippen LogP contribution in [-0.2, 0) is 19.0 Å². The minimum atomic E-state index is -1.16. The first-order valence-corrected chi connectivity index (χ1v) is 6.19. The summed E-state index contributed by atoms with van der Waals surface area (Å²) in [4.78, 5) is 22.5. The summed E-state index contributed by atoms with van der Waals surface area (Å²) in [6.45, 7) is 6.07. The molecule has 7 nitrogen and oxygen atoms in total. The summed E-state index contributed by atoms with van der Waals surface area (Å²) >= 11 is 0. The predicted octanol–water partition coefficient (Wildman–Crippen LogP) is 0.770. The van der Waals surface area contributed by atoms with E-state index in [1.807, 2.05) is 0 Å². The Bertz CT molecular complexity index is 319. The van der Waals surface area contributed by atoms with Gasteiger partial charge in [-0.3, -0.25) is 0 Å². The lowest BCUT2D eigenvalue weighted by Crippen LogP contribution is -2.46. The molecule has 1 fully saturated rings. The largest absolute Gasteiger partial charge is 0.480 e. The summed E-state index contributed by atoms with van der Waals surface area (Å²) in [6.07, 6.45) is -0.146. The lowest BCUT2D eigenvalue weighted by molar-refractivity contribution is -0.141. The Labute approximate surface area is 112 Å². The number of ether oxygens (including phenoxy) is 3. The number of alkyl carbamates (subject to hydrolysis) is 1. The van der Waals surface area contributed by atoms with E-state index in [0.717, 1.165) is 6.42 Å². The molecule has 1 rings (SSSR count). The molecule has 0 aliphatic carbocycles. The van der Waals surface area contributed by atoms with E-state index in [1.54, 1.807) is 20.8 Å². The lowest BCUT2D eigenvalue weighted by Gasteiger charge is -2.22. The summed E-state index contributed by atoms with van der Waals surface area (Å²) in [5, 5.41) is 11.3. The first-order chi connectivity index (χ1) is 8.78. The molecule has 2 unspecified atom stereocenters. The van der Waals surface area contributed by atoms with Gasteiger partial charge in [-0.15, -0.1) is 0 Å². The molecular formula is C12H21NO6. The van der Waals surface area contributed by atoms with Crippen molar-refractivity contribution in [3.63, 3.8) is 0 Å². The van der Waals surface area contributed by atoms with Crippen LogP contribution in [0.1, 0.15) is 27.2 Å². The molecule has 0 aromatic carbocycles. The Morgan fingerprint density at radius 2 is 2.16 bits per heavy atom. The number of aliphatic carboxylic acids is 1. The van der Waals surface area contributed by atoms with Crippen LogP contribution < -0.4 is 5.32 Å². The first kappa shape index (κ1) is 15.7. The molecule has 2 atom stereocenters. The van der Waals surface area contributed by atoms with Crippen molar-refractivity contribution in [1.29, 1.82) is 0 Å². The van der Waals surface area contributed by atoms with Gasteiger partial charge in [-0.25, -0.2) is 9.59 Å². The molecule has 0 aromatic rings. The highest BCUT2D eigenvalue weighted by molar-refractivity contribution is 5.80. The summed E-state index contributed by atoms with van der Waals surface area (Å²) in [7, 11) is 0. The Kier molecular flexibility index (Phi) is 5.56. The van der Waals surface area contributed by atoms with Gasteiger partial charge in [0.1, 0.15) is 5.60 Å². The van der Waals surface area contributed by atoms with Crippen molar-refractivity contribution in [2.45, 2.75) is 44.9 Å². The smallest absolute Gasteiger partial charge is 0.408 e. The van der Waals surface area contributed by atoms with Crippen LogP contribution in [0.2, 0.25) is 0 Å². The molecule has 1 saturated heterocycles. The van der Waals surface area contributed by atoms with Crippen LogP contribution >= 0.6 is 0 Å². The summed E-state index contributed by atoms with van der Waals surface area (Å²) < 4.78 is 15.5. The Morgan fingerprint density at radius 3 is 2.63 bits per heavy atom. The average molecular weight is 275 g/mol. The van der Waals surface area contributed by atoms with Gasteiger partial charge in [0, 0.05) is 6.61 Å². The van der Waals surface area contributed by atoms with Crippen LogP contribution in [0.15, 0.2) is 0 Å². The number of carbonyl (C=O) groups is 2. The highest BCUT2D eigenvalue weighted by atomic mass is 16.6.